The minimum absolute atomic E-state index is 0.0565. The second-order valence-electron chi connectivity index (χ2n) is 4.72. The molecule has 0 radical (unpaired) electrons. The van der Waals surface area contributed by atoms with Gasteiger partial charge in [0.05, 0.1) is 17.5 Å². The van der Waals surface area contributed by atoms with Crippen LogP contribution in [0.4, 0.5) is 5.69 Å². The summed E-state index contributed by atoms with van der Waals surface area (Å²) >= 11 is 0. The lowest BCUT2D eigenvalue weighted by Crippen LogP contribution is -2.16. The summed E-state index contributed by atoms with van der Waals surface area (Å²) in [5.74, 6) is 0.0658. The molecule has 0 aliphatic heterocycles. The highest BCUT2D eigenvalue weighted by atomic mass is 32.2. The van der Waals surface area contributed by atoms with Crippen molar-refractivity contribution in [3.05, 3.63) is 60.2 Å². The number of ether oxygens (including phenoxy) is 2. The van der Waals surface area contributed by atoms with Crippen LogP contribution in [0.15, 0.2) is 54.6 Å². The smallest absolute Gasteiger partial charge is 0.340 e. The molecule has 0 heterocycles. The van der Waals surface area contributed by atoms with Gasteiger partial charge in [0, 0.05) is 0 Å². The van der Waals surface area contributed by atoms with Crippen molar-refractivity contribution >= 4 is 21.7 Å². The van der Waals surface area contributed by atoms with Crippen molar-refractivity contribution in [1.82, 2.24) is 0 Å². The van der Waals surface area contributed by atoms with Gasteiger partial charge in [-0.1, -0.05) is 30.3 Å². The van der Waals surface area contributed by atoms with Gasteiger partial charge in [0.2, 0.25) is 10.0 Å². The summed E-state index contributed by atoms with van der Waals surface area (Å²) in [6, 6.07) is 15.4. The first-order valence-corrected chi connectivity index (χ1v) is 8.76. The largest absolute Gasteiger partial charge is 0.490 e. The Kier molecular flexibility index (Phi) is 5.59. The van der Waals surface area contributed by atoms with Gasteiger partial charge in [-0.2, -0.15) is 0 Å². The van der Waals surface area contributed by atoms with E-state index in [9.17, 15) is 13.2 Å². The molecular weight excluding hydrogens is 318 g/mol. The monoisotopic (exact) mass is 335 g/mol. The fraction of sp³-hybridized carbons (Fsp3) is 0.188. The van der Waals surface area contributed by atoms with E-state index in [2.05, 4.69) is 4.72 Å². The average molecular weight is 335 g/mol. The summed E-state index contributed by atoms with van der Waals surface area (Å²) in [5, 5.41) is 0. The normalized spacial score (nSPS) is 10.8. The number of hydrogen-bond acceptors (Lipinski definition) is 5. The van der Waals surface area contributed by atoms with Crippen molar-refractivity contribution in [1.29, 1.82) is 0 Å². The number of para-hydroxylation sites is 2. The van der Waals surface area contributed by atoms with E-state index in [1.165, 1.54) is 12.1 Å². The summed E-state index contributed by atoms with van der Waals surface area (Å²) in [4.78, 5) is 12.1. The molecule has 2 rings (SSSR count). The van der Waals surface area contributed by atoms with Gasteiger partial charge in [0.25, 0.3) is 0 Å². The van der Waals surface area contributed by atoms with Crippen molar-refractivity contribution in [3.63, 3.8) is 0 Å². The first-order valence-electron chi connectivity index (χ1n) is 6.87. The molecule has 6 nitrogen and oxygen atoms in total. The van der Waals surface area contributed by atoms with Gasteiger partial charge in [-0.25, -0.2) is 13.2 Å². The van der Waals surface area contributed by atoms with Gasteiger partial charge in [0.1, 0.15) is 19.0 Å². The molecule has 0 spiro atoms. The molecule has 1 N–H and O–H groups in total. The molecule has 0 fully saturated rings. The Morgan fingerprint density at radius 2 is 1.65 bits per heavy atom. The molecule has 0 atom stereocenters. The molecule has 2 aromatic rings. The third kappa shape index (κ3) is 5.63. The predicted octanol–water partition coefficient (Wildman–Crippen LogP) is 2.29. The SMILES string of the molecule is CS(=O)(=O)Nc1ccccc1C(=O)OCCOc1ccccc1. The summed E-state index contributed by atoms with van der Waals surface area (Å²) in [5.41, 5.74) is 0.335. The zero-order chi connectivity index (χ0) is 16.7. The number of carbonyl (C=O) groups excluding carboxylic acids is 1. The molecule has 0 aromatic heterocycles. The molecule has 0 bridgehead atoms. The minimum Gasteiger partial charge on any atom is -0.490 e. The maximum atomic E-state index is 12.1. The fourth-order valence-electron chi connectivity index (χ4n) is 1.84. The zero-order valence-corrected chi connectivity index (χ0v) is 13.4. The maximum absolute atomic E-state index is 12.1. The van der Waals surface area contributed by atoms with Crippen LogP contribution in [0.25, 0.3) is 0 Å². The van der Waals surface area contributed by atoms with Crippen LogP contribution in [0.2, 0.25) is 0 Å². The van der Waals surface area contributed by atoms with E-state index in [-0.39, 0.29) is 24.5 Å². The number of sulfonamides is 1. The molecule has 0 unspecified atom stereocenters. The standard InChI is InChI=1S/C16H17NO5S/c1-23(19,20)17-15-10-6-5-9-14(15)16(18)22-12-11-21-13-7-3-2-4-8-13/h2-10,17H,11-12H2,1H3. The molecule has 0 aliphatic carbocycles. The number of hydrogen-bond donors (Lipinski definition) is 1. The van der Waals surface area contributed by atoms with E-state index < -0.39 is 16.0 Å². The van der Waals surface area contributed by atoms with Crippen molar-refractivity contribution in [2.24, 2.45) is 0 Å². The number of rotatable bonds is 7. The van der Waals surface area contributed by atoms with Gasteiger partial charge in [-0.15, -0.1) is 0 Å². The van der Waals surface area contributed by atoms with Gasteiger partial charge in [-0.3, -0.25) is 4.72 Å². The summed E-state index contributed by atoms with van der Waals surface area (Å²) < 4.78 is 35.4. The number of anilines is 1. The maximum Gasteiger partial charge on any atom is 0.340 e. The summed E-state index contributed by atoms with van der Waals surface area (Å²) in [6.45, 7) is 0.262. The van der Waals surface area contributed by atoms with Crippen LogP contribution < -0.4 is 9.46 Å². The average Bonchev–Trinajstić information content (AvgIpc) is 2.51. The Bertz CT molecular complexity index is 759. The fourth-order valence-corrected chi connectivity index (χ4v) is 2.42. The molecule has 0 saturated heterocycles. The molecular formula is C16H17NO5S. The molecule has 0 saturated carbocycles. The highest BCUT2D eigenvalue weighted by molar-refractivity contribution is 7.92. The van der Waals surface area contributed by atoms with Crippen molar-refractivity contribution in [3.8, 4) is 5.75 Å². The molecule has 122 valence electrons. The van der Waals surface area contributed by atoms with Crippen LogP contribution in [-0.4, -0.2) is 33.9 Å². The summed E-state index contributed by atoms with van der Waals surface area (Å²) in [7, 11) is -3.48. The van der Waals surface area contributed by atoms with E-state index in [0.29, 0.717) is 5.75 Å². The highest BCUT2D eigenvalue weighted by Crippen LogP contribution is 2.17. The van der Waals surface area contributed by atoms with Crippen LogP contribution in [0, 0.1) is 0 Å². The lowest BCUT2D eigenvalue weighted by Gasteiger charge is -2.11. The van der Waals surface area contributed by atoms with Crippen molar-refractivity contribution in [2.45, 2.75) is 0 Å². The molecule has 0 aliphatic rings. The minimum atomic E-state index is -3.48. The van der Waals surface area contributed by atoms with Crippen LogP contribution in [0.1, 0.15) is 10.4 Å². The Labute approximate surface area is 135 Å². The first-order chi connectivity index (χ1) is 11.0. The summed E-state index contributed by atoms with van der Waals surface area (Å²) in [6.07, 6.45) is 1.02. The topological polar surface area (TPSA) is 81.7 Å². The first kappa shape index (κ1) is 16.8. The number of benzene rings is 2. The third-order valence-corrected chi connectivity index (χ3v) is 3.36. The molecule has 2 aromatic carbocycles. The quantitative estimate of drug-likeness (QED) is 0.620. The molecule has 0 amide bonds. The number of carbonyl (C=O) groups is 1. The second-order valence-corrected chi connectivity index (χ2v) is 6.47. The van der Waals surface area contributed by atoms with Crippen molar-refractivity contribution in [2.75, 3.05) is 24.2 Å². The molecule has 23 heavy (non-hydrogen) atoms. The lowest BCUT2D eigenvalue weighted by molar-refractivity contribution is 0.0451. The Hall–Kier alpha value is -2.54. The third-order valence-electron chi connectivity index (χ3n) is 2.77. The van der Waals surface area contributed by atoms with E-state index >= 15 is 0 Å². The Morgan fingerprint density at radius 3 is 2.35 bits per heavy atom. The zero-order valence-electron chi connectivity index (χ0n) is 12.6. The van der Waals surface area contributed by atoms with Gasteiger partial charge in [-0.05, 0) is 24.3 Å². The Balaban J connectivity index is 1.91. The van der Waals surface area contributed by atoms with Crippen molar-refractivity contribution < 1.29 is 22.7 Å². The second kappa shape index (κ2) is 7.64. The van der Waals surface area contributed by atoms with Crippen LogP contribution in [-0.2, 0) is 14.8 Å². The Morgan fingerprint density at radius 1 is 1.00 bits per heavy atom. The van der Waals surface area contributed by atoms with Gasteiger partial charge in [0.15, 0.2) is 0 Å². The lowest BCUT2D eigenvalue weighted by atomic mass is 10.2. The van der Waals surface area contributed by atoms with Crippen LogP contribution in [0.5, 0.6) is 5.75 Å². The van der Waals surface area contributed by atoms with Gasteiger partial charge >= 0.3 is 5.97 Å². The van der Waals surface area contributed by atoms with E-state index in [1.54, 1.807) is 24.3 Å². The van der Waals surface area contributed by atoms with Gasteiger partial charge < -0.3 is 9.47 Å². The van der Waals surface area contributed by atoms with Crippen LogP contribution >= 0.6 is 0 Å². The van der Waals surface area contributed by atoms with Crippen LogP contribution in [0.3, 0.4) is 0 Å². The highest BCUT2D eigenvalue weighted by Gasteiger charge is 2.14. The number of esters is 1. The predicted molar refractivity (Wildman–Crippen MR) is 87.1 cm³/mol. The molecule has 7 heteroatoms. The van der Waals surface area contributed by atoms with E-state index in [0.717, 1.165) is 6.26 Å². The van der Waals surface area contributed by atoms with E-state index in [1.807, 2.05) is 18.2 Å². The van der Waals surface area contributed by atoms with E-state index in [4.69, 9.17) is 9.47 Å². The number of nitrogens with one attached hydrogen (secondary N) is 1.